The van der Waals surface area contributed by atoms with E-state index in [2.05, 4.69) is 40.5 Å². The molecule has 2 heterocycles. The third-order valence-corrected chi connectivity index (χ3v) is 6.65. The van der Waals surface area contributed by atoms with Crippen LogP contribution in [0.2, 0.25) is 0 Å². The minimum absolute atomic E-state index is 0.0314. The van der Waals surface area contributed by atoms with E-state index >= 15 is 0 Å². The third kappa shape index (κ3) is 5.74. The highest BCUT2D eigenvalue weighted by Gasteiger charge is 2.22. The molecule has 1 aliphatic heterocycles. The van der Waals surface area contributed by atoms with Crippen molar-refractivity contribution < 1.29 is 9.53 Å². The molecule has 0 spiro atoms. The number of ether oxygens (including phenoxy) is 1. The molecular formula is C31H33N3O2. The van der Waals surface area contributed by atoms with E-state index in [1.54, 1.807) is 0 Å². The van der Waals surface area contributed by atoms with E-state index in [1.807, 2.05) is 68.4 Å². The van der Waals surface area contributed by atoms with Gasteiger partial charge in [0.1, 0.15) is 5.75 Å². The van der Waals surface area contributed by atoms with Crippen LogP contribution in [0.3, 0.4) is 0 Å². The SMILES string of the molecule is CC(C)Oc1ccc(-c2cc(C(=O)NC3CCN(Cc4ccccc4)CC3)c3ccccc3n2)cc1. The topological polar surface area (TPSA) is 54.5 Å². The number of nitrogens with one attached hydrogen (secondary N) is 1. The Hall–Kier alpha value is -3.70. The Morgan fingerprint density at radius 2 is 1.67 bits per heavy atom. The first-order valence-electron chi connectivity index (χ1n) is 12.8. The van der Waals surface area contributed by atoms with Crippen LogP contribution in [0.25, 0.3) is 22.2 Å². The first kappa shape index (κ1) is 24.0. The molecule has 0 aliphatic carbocycles. The number of likely N-dealkylation sites (tertiary alicyclic amines) is 1. The van der Waals surface area contributed by atoms with Crippen molar-refractivity contribution in [2.24, 2.45) is 0 Å². The van der Waals surface area contributed by atoms with Gasteiger partial charge in [0, 0.05) is 36.6 Å². The molecule has 36 heavy (non-hydrogen) atoms. The summed E-state index contributed by atoms with van der Waals surface area (Å²) in [6, 6.07) is 28.4. The van der Waals surface area contributed by atoms with Crippen molar-refractivity contribution in [1.29, 1.82) is 0 Å². The zero-order valence-corrected chi connectivity index (χ0v) is 21.0. The van der Waals surface area contributed by atoms with Crippen LogP contribution in [-0.2, 0) is 6.54 Å². The zero-order valence-electron chi connectivity index (χ0n) is 21.0. The largest absolute Gasteiger partial charge is 0.491 e. The number of carbonyl (C=O) groups is 1. The third-order valence-electron chi connectivity index (χ3n) is 6.65. The second-order valence-corrected chi connectivity index (χ2v) is 9.77. The molecule has 0 saturated carbocycles. The van der Waals surface area contributed by atoms with Crippen LogP contribution in [0.4, 0.5) is 0 Å². The molecule has 1 saturated heterocycles. The molecular weight excluding hydrogens is 446 g/mol. The van der Waals surface area contributed by atoms with E-state index in [1.165, 1.54) is 5.56 Å². The van der Waals surface area contributed by atoms with Gasteiger partial charge in [0.25, 0.3) is 5.91 Å². The molecule has 0 radical (unpaired) electrons. The number of rotatable bonds is 7. The van der Waals surface area contributed by atoms with Crippen molar-refractivity contribution in [2.45, 2.75) is 45.4 Å². The van der Waals surface area contributed by atoms with Crippen molar-refractivity contribution in [2.75, 3.05) is 13.1 Å². The van der Waals surface area contributed by atoms with E-state index in [9.17, 15) is 4.79 Å². The molecule has 1 aromatic heterocycles. The summed E-state index contributed by atoms with van der Waals surface area (Å²) in [5, 5.41) is 4.18. The Kier molecular flexibility index (Phi) is 7.28. The highest BCUT2D eigenvalue weighted by Crippen LogP contribution is 2.27. The first-order chi connectivity index (χ1) is 17.5. The van der Waals surface area contributed by atoms with E-state index in [0.717, 1.165) is 60.4 Å². The smallest absolute Gasteiger partial charge is 0.252 e. The molecule has 0 bridgehead atoms. The van der Waals surface area contributed by atoms with Crippen LogP contribution >= 0.6 is 0 Å². The molecule has 1 fully saturated rings. The van der Waals surface area contributed by atoms with Gasteiger partial charge in [0.15, 0.2) is 0 Å². The monoisotopic (exact) mass is 479 g/mol. The van der Waals surface area contributed by atoms with E-state index in [4.69, 9.17) is 9.72 Å². The van der Waals surface area contributed by atoms with E-state index in [-0.39, 0.29) is 18.1 Å². The quantitative estimate of drug-likeness (QED) is 0.349. The average molecular weight is 480 g/mol. The number of carbonyl (C=O) groups excluding carboxylic acids is 1. The van der Waals surface area contributed by atoms with E-state index in [0.29, 0.717) is 5.56 Å². The zero-order chi connectivity index (χ0) is 24.9. The fourth-order valence-corrected chi connectivity index (χ4v) is 4.83. The van der Waals surface area contributed by atoms with Crippen molar-refractivity contribution >= 4 is 16.8 Å². The summed E-state index contributed by atoms with van der Waals surface area (Å²) in [7, 11) is 0. The first-order valence-corrected chi connectivity index (χ1v) is 12.8. The molecule has 1 N–H and O–H groups in total. The van der Waals surface area contributed by atoms with Gasteiger partial charge in [-0.25, -0.2) is 4.98 Å². The Labute approximate surface area is 213 Å². The molecule has 0 unspecified atom stereocenters. The number of para-hydroxylation sites is 1. The average Bonchev–Trinajstić information content (AvgIpc) is 2.90. The number of aromatic nitrogens is 1. The highest BCUT2D eigenvalue weighted by atomic mass is 16.5. The summed E-state index contributed by atoms with van der Waals surface area (Å²) in [5.41, 5.74) is 4.57. The van der Waals surface area contributed by atoms with Gasteiger partial charge in [-0.3, -0.25) is 9.69 Å². The van der Waals surface area contributed by atoms with Gasteiger partial charge >= 0.3 is 0 Å². The predicted octanol–water partition coefficient (Wildman–Crippen LogP) is 6.08. The van der Waals surface area contributed by atoms with Crippen LogP contribution < -0.4 is 10.1 Å². The Morgan fingerprint density at radius 3 is 2.39 bits per heavy atom. The molecule has 5 heteroatoms. The second-order valence-electron chi connectivity index (χ2n) is 9.77. The normalized spacial score (nSPS) is 14.8. The van der Waals surface area contributed by atoms with Gasteiger partial charge in [-0.05, 0) is 68.7 Å². The molecule has 5 rings (SSSR count). The minimum Gasteiger partial charge on any atom is -0.491 e. The Balaban J connectivity index is 1.31. The number of pyridine rings is 1. The maximum atomic E-state index is 13.5. The summed E-state index contributed by atoms with van der Waals surface area (Å²) < 4.78 is 5.77. The fourth-order valence-electron chi connectivity index (χ4n) is 4.83. The summed E-state index contributed by atoms with van der Waals surface area (Å²) >= 11 is 0. The highest BCUT2D eigenvalue weighted by molar-refractivity contribution is 6.07. The van der Waals surface area contributed by atoms with Crippen molar-refractivity contribution in [3.05, 3.63) is 96.1 Å². The molecule has 5 nitrogen and oxygen atoms in total. The number of amides is 1. The number of piperidine rings is 1. The standard InChI is InChI=1S/C31H33N3O2/c1-22(2)36-26-14-12-24(13-15-26)30-20-28(27-10-6-7-11-29(27)33-30)31(35)32-25-16-18-34(19-17-25)21-23-8-4-3-5-9-23/h3-15,20,22,25H,16-19,21H2,1-2H3,(H,32,35). The molecule has 1 aliphatic rings. The molecule has 3 aromatic carbocycles. The van der Waals surface area contributed by atoms with Gasteiger partial charge in [-0.15, -0.1) is 0 Å². The maximum absolute atomic E-state index is 13.5. The Morgan fingerprint density at radius 1 is 0.972 bits per heavy atom. The lowest BCUT2D eigenvalue weighted by Crippen LogP contribution is -2.44. The van der Waals surface area contributed by atoms with Crippen molar-refractivity contribution in [1.82, 2.24) is 15.2 Å². The summed E-state index contributed by atoms with van der Waals surface area (Å²) in [4.78, 5) is 20.8. The molecule has 0 atom stereocenters. The van der Waals surface area contributed by atoms with Gasteiger partial charge in [-0.2, -0.15) is 0 Å². The lowest BCUT2D eigenvalue weighted by molar-refractivity contribution is 0.0910. The van der Waals surface area contributed by atoms with Crippen LogP contribution in [0.5, 0.6) is 5.75 Å². The van der Waals surface area contributed by atoms with Crippen LogP contribution in [0.1, 0.15) is 42.6 Å². The minimum atomic E-state index is -0.0314. The van der Waals surface area contributed by atoms with Crippen molar-refractivity contribution in [3.63, 3.8) is 0 Å². The van der Waals surface area contributed by atoms with Crippen LogP contribution in [0, 0.1) is 0 Å². The number of hydrogen-bond donors (Lipinski definition) is 1. The van der Waals surface area contributed by atoms with Crippen molar-refractivity contribution in [3.8, 4) is 17.0 Å². The lowest BCUT2D eigenvalue weighted by Gasteiger charge is -2.32. The second kappa shape index (κ2) is 10.9. The Bertz CT molecular complexity index is 1310. The predicted molar refractivity (Wildman–Crippen MR) is 145 cm³/mol. The molecule has 184 valence electrons. The van der Waals surface area contributed by atoms with Gasteiger partial charge in [-0.1, -0.05) is 48.5 Å². The lowest BCUT2D eigenvalue weighted by atomic mass is 10.0. The van der Waals surface area contributed by atoms with Gasteiger partial charge < -0.3 is 10.1 Å². The number of nitrogens with zero attached hydrogens (tertiary/aromatic N) is 2. The van der Waals surface area contributed by atoms with Crippen LogP contribution in [-0.4, -0.2) is 41.0 Å². The fraction of sp³-hybridized carbons (Fsp3) is 0.290. The molecule has 1 amide bonds. The summed E-state index contributed by atoms with van der Waals surface area (Å²) in [6.07, 6.45) is 2.02. The summed E-state index contributed by atoms with van der Waals surface area (Å²) in [5.74, 6) is 0.794. The maximum Gasteiger partial charge on any atom is 0.252 e. The van der Waals surface area contributed by atoms with Gasteiger partial charge in [0.2, 0.25) is 0 Å². The summed E-state index contributed by atoms with van der Waals surface area (Å²) in [6.45, 7) is 6.94. The number of benzene rings is 3. The van der Waals surface area contributed by atoms with Crippen LogP contribution in [0.15, 0.2) is 84.9 Å². The van der Waals surface area contributed by atoms with Gasteiger partial charge in [0.05, 0.1) is 22.9 Å². The number of fused-ring (bicyclic) bond motifs is 1. The van der Waals surface area contributed by atoms with E-state index < -0.39 is 0 Å². The molecule has 4 aromatic rings. The number of hydrogen-bond acceptors (Lipinski definition) is 4.